The molecule has 0 spiro atoms. The Hall–Kier alpha value is -1.68. The molecule has 0 aliphatic carbocycles. The molecule has 3 rings (SSSR count). The van der Waals surface area contributed by atoms with Crippen molar-refractivity contribution in [3.63, 3.8) is 0 Å². The highest BCUT2D eigenvalue weighted by atomic mass is 16.2. The van der Waals surface area contributed by atoms with Gasteiger partial charge in [0.1, 0.15) is 5.41 Å². The first-order chi connectivity index (χ1) is 9.52. The molecule has 1 saturated heterocycles. The van der Waals surface area contributed by atoms with Crippen molar-refractivity contribution in [2.24, 2.45) is 10.5 Å². The van der Waals surface area contributed by atoms with Crippen molar-refractivity contribution in [2.75, 3.05) is 20.1 Å². The van der Waals surface area contributed by atoms with Crippen molar-refractivity contribution in [2.45, 2.75) is 26.3 Å². The molecule has 2 atom stereocenters. The quantitative estimate of drug-likeness (QED) is 0.827. The second-order valence-corrected chi connectivity index (χ2v) is 6.01. The Bertz CT molecular complexity index is 554. The van der Waals surface area contributed by atoms with Gasteiger partial charge >= 0.3 is 0 Å². The third-order valence-corrected chi connectivity index (χ3v) is 4.66. The van der Waals surface area contributed by atoms with Gasteiger partial charge in [-0.15, -0.1) is 0 Å². The number of hydrogen-bond acceptors (Lipinski definition) is 3. The Kier molecular flexibility index (Phi) is 3.13. The van der Waals surface area contributed by atoms with Crippen molar-refractivity contribution in [1.82, 2.24) is 9.91 Å². The van der Waals surface area contributed by atoms with Crippen LogP contribution in [0.25, 0.3) is 0 Å². The van der Waals surface area contributed by atoms with Crippen molar-refractivity contribution in [1.29, 1.82) is 0 Å². The van der Waals surface area contributed by atoms with Gasteiger partial charge in [-0.1, -0.05) is 30.3 Å². The maximum absolute atomic E-state index is 12.4. The minimum absolute atomic E-state index is 0.123. The van der Waals surface area contributed by atoms with E-state index < -0.39 is 5.41 Å². The van der Waals surface area contributed by atoms with Crippen LogP contribution in [0.1, 0.15) is 31.9 Å². The van der Waals surface area contributed by atoms with Gasteiger partial charge in [0, 0.05) is 32.6 Å². The van der Waals surface area contributed by atoms with Gasteiger partial charge in [-0.3, -0.25) is 9.69 Å². The topological polar surface area (TPSA) is 35.9 Å². The fraction of sp³-hybridized carbons (Fsp3) is 0.500. The number of carbonyl (C=O) groups is 1. The van der Waals surface area contributed by atoms with Gasteiger partial charge in [0.25, 0.3) is 5.91 Å². The van der Waals surface area contributed by atoms with Crippen LogP contribution in [0, 0.1) is 5.41 Å². The highest BCUT2D eigenvalue weighted by Gasteiger charge is 2.49. The number of hydrazone groups is 1. The molecule has 1 aromatic rings. The van der Waals surface area contributed by atoms with Crippen LogP contribution in [0.2, 0.25) is 0 Å². The number of nitrogens with zero attached hydrogens (tertiary/aromatic N) is 3. The van der Waals surface area contributed by atoms with Crippen LogP contribution in [-0.2, 0) is 4.79 Å². The van der Waals surface area contributed by atoms with E-state index in [-0.39, 0.29) is 5.91 Å². The lowest BCUT2D eigenvalue weighted by Crippen LogP contribution is -2.51. The molecule has 0 radical (unpaired) electrons. The monoisotopic (exact) mass is 271 g/mol. The van der Waals surface area contributed by atoms with Crippen molar-refractivity contribution < 1.29 is 4.79 Å². The standard InChI is InChI=1S/C16H21N3O/c1-12(13-7-5-4-6-8-13)19-10-9-14-16(2,11-19)15(20)18(3)17-14/h4-8,12H,9-11H2,1-3H3. The summed E-state index contributed by atoms with van der Waals surface area (Å²) >= 11 is 0. The first-order valence-corrected chi connectivity index (χ1v) is 7.17. The smallest absolute Gasteiger partial charge is 0.255 e. The number of piperidine rings is 1. The molecule has 4 heteroatoms. The normalized spacial score (nSPS) is 28.2. The number of benzene rings is 1. The van der Waals surface area contributed by atoms with Gasteiger partial charge in [-0.2, -0.15) is 5.10 Å². The van der Waals surface area contributed by atoms with Crippen LogP contribution in [-0.4, -0.2) is 41.7 Å². The maximum atomic E-state index is 12.4. The van der Waals surface area contributed by atoms with E-state index in [4.69, 9.17) is 0 Å². The molecule has 0 N–H and O–H groups in total. The predicted octanol–water partition coefficient (Wildman–Crippen LogP) is 2.29. The maximum Gasteiger partial charge on any atom is 0.255 e. The van der Waals surface area contributed by atoms with Gasteiger partial charge in [0.15, 0.2) is 0 Å². The van der Waals surface area contributed by atoms with E-state index in [1.807, 2.05) is 13.0 Å². The summed E-state index contributed by atoms with van der Waals surface area (Å²) in [5, 5.41) is 5.91. The molecule has 0 aromatic heterocycles. The molecule has 0 bridgehead atoms. The molecule has 106 valence electrons. The van der Waals surface area contributed by atoms with Gasteiger partial charge < -0.3 is 0 Å². The fourth-order valence-electron chi connectivity index (χ4n) is 3.31. The first-order valence-electron chi connectivity index (χ1n) is 7.17. The van der Waals surface area contributed by atoms with E-state index in [1.165, 1.54) is 10.6 Å². The van der Waals surface area contributed by atoms with Crippen molar-refractivity contribution in [3.05, 3.63) is 35.9 Å². The lowest BCUT2D eigenvalue weighted by molar-refractivity contribution is -0.135. The largest absolute Gasteiger partial charge is 0.295 e. The number of carbonyl (C=O) groups excluding carboxylic acids is 1. The Labute approximate surface area is 120 Å². The third kappa shape index (κ3) is 1.95. The number of rotatable bonds is 2. The van der Waals surface area contributed by atoms with Crippen LogP contribution in [0.3, 0.4) is 0 Å². The van der Waals surface area contributed by atoms with Crippen LogP contribution in [0.15, 0.2) is 35.4 Å². The molecule has 1 aromatic carbocycles. The van der Waals surface area contributed by atoms with Crippen molar-refractivity contribution in [3.8, 4) is 0 Å². The zero-order valence-electron chi connectivity index (χ0n) is 12.3. The molecule has 2 heterocycles. The number of likely N-dealkylation sites (tertiary alicyclic amines) is 1. The zero-order valence-corrected chi connectivity index (χ0v) is 12.3. The fourth-order valence-corrected chi connectivity index (χ4v) is 3.31. The lowest BCUT2D eigenvalue weighted by Gasteiger charge is -2.40. The highest BCUT2D eigenvalue weighted by Crippen LogP contribution is 2.37. The average molecular weight is 271 g/mol. The molecule has 2 aliphatic heterocycles. The minimum atomic E-state index is -0.434. The van der Waals surface area contributed by atoms with E-state index >= 15 is 0 Å². The second kappa shape index (κ2) is 4.70. The van der Waals surface area contributed by atoms with E-state index in [1.54, 1.807) is 7.05 Å². The minimum Gasteiger partial charge on any atom is -0.295 e. The van der Waals surface area contributed by atoms with Gasteiger partial charge in [0.05, 0.1) is 5.71 Å². The molecule has 4 nitrogen and oxygen atoms in total. The summed E-state index contributed by atoms with van der Waals surface area (Å²) in [5.41, 5.74) is 1.91. The Morgan fingerprint density at radius 1 is 1.30 bits per heavy atom. The molecule has 1 amide bonds. The predicted molar refractivity (Wildman–Crippen MR) is 79.4 cm³/mol. The number of fused-ring (bicyclic) bond motifs is 1. The number of hydrogen-bond donors (Lipinski definition) is 0. The van der Waals surface area contributed by atoms with Crippen molar-refractivity contribution >= 4 is 11.6 Å². The Morgan fingerprint density at radius 2 is 2.00 bits per heavy atom. The second-order valence-electron chi connectivity index (χ2n) is 6.01. The molecule has 2 unspecified atom stereocenters. The summed E-state index contributed by atoms with van der Waals surface area (Å²) in [6.07, 6.45) is 0.879. The van der Waals surface area contributed by atoms with Crippen LogP contribution in [0.5, 0.6) is 0 Å². The third-order valence-electron chi connectivity index (χ3n) is 4.66. The van der Waals surface area contributed by atoms with E-state index in [2.05, 4.69) is 41.2 Å². The molecule has 2 aliphatic rings. The van der Waals surface area contributed by atoms with Gasteiger partial charge in [0.2, 0.25) is 0 Å². The molecule has 20 heavy (non-hydrogen) atoms. The SMILES string of the molecule is CC(c1ccccc1)N1CCC2=NN(C)C(=O)C2(C)C1. The summed E-state index contributed by atoms with van der Waals surface area (Å²) in [6, 6.07) is 10.8. The molecular formula is C16H21N3O. The summed E-state index contributed by atoms with van der Waals surface area (Å²) in [5.74, 6) is 0.123. The summed E-state index contributed by atoms with van der Waals surface area (Å²) in [6.45, 7) is 5.96. The first kappa shape index (κ1) is 13.3. The van der Waals surface area contributed by atoms with Gasteiger partial charge in [-0.25, -0.2) is 5.01 Å². The average Bonchev–Trinajstić information content (AvgIpc) is 2.70. The Balaban J connectivity index is 1.82. The van der Waals surface area contributed by atoms with Gasteiger partial charge in [-0.05, 0) is 19.4 Å². The summed E-state index contributed by atoms with van der Waals surface area (Å²) in [4.78, 5) is 14.7. The lowest BCUT2D eigenvalue weighted by atomic mass is 9.79. The summed E-state index contributed by atoms with van der Waals surface area (Å²) in [7, 11) is 1.75. The summed E-state index contributed by atoms with van der Waals surface area (Å²) < 4.78 is 0. The van der Waals surface area contributed by atoms with Crippen LogP contribution >= 0.6 is 0 Å². The zero-order chi connectivity index (χ0) is 14.3. The molecule has 1 fully saturated rings. The molecular weight excluding hydrogens is 250 g/mol. The van der Waals surface area contributed by atoms with Crippen LogP contribution < -0.4 is 0 Å². The Morgan fingerprint density at radius 3 is 2.70 bits per heavy atom. The number of amides is 1. The highest BCUT2D eigenvalue weighted by molar-refractivity contribution is 6.12. The molecule has 0 saturated carbocycles. The van der Waals surface area contributed by atoms with E-state index in [0.717, 1.165) is 25.2 Å². The van der Waals surface area contributed by atoms with E-state index in [9.17, 15) is 4.79 Å². The van der Waals surface area contributed by atoms with E-state index in [0.29, 0.717) is 6.04 Å². The van der Waals surface area contributed by atoms with Crippen LogP contribution in [0.4, 0.5) is 0 Å².